The van der Waals surface area contributed by atoms with Crippen molar-refractivity contribution in [3.05, 3.63) is 72.3 Å². The molecular formula is C21H25N3O5S2. The van der Waals surface area contributed by atoms with Gasteiger partial charge >= 0.3 is 0 Å². The molecule has 0 aliphatic heterocycles. The van der Waals surface area contributed by atoms with Gasteiger partial charge in [0, 0.05) is 24.3 Å². The summed E-state index contributed by atoms with van der Waals surface area (Å²) in [5, 5.41) is 2.69. The summed E-state index contributed by atoms with van der Waals surface area (Å²) in [5.74, 6) is -0.257. The molecule has 3 N–H and O–H groups in total. The third-order valence-corrected chi connectivity index (χ3v) is 7.42. The van der Waals surface area contributed by atoms with Gasteiger partial charge in [-0.25, -0.2) is 26.3 Å². The summed E-state index contributed by atoms with van der Waals surface area (Å²) in [7, 11) is -7.15. The molecule has 10 heteroatoms. The maximum Gasteiger partial charge on any atom is 0.255 e. The van der Waals surface area contributed by atoms with Crippen LogP contribution in [-0.4, -0.2) is 35.8 Å². The van der Waals surface area contributed by atoms with Gasteiger partial charge in [0.1, 0.15) is 0 Å². The highest BCUT2D eigenvalue weighted by molar-refractivity contribution is 7.89. The summed E-state index contributed by atoms with van der Waals surface area (Å²) in [6.07, 6.45) is 3.52. The van der Waals surface area contributed by atoms with Crippen LogP contribution in [-0.2, 0) is 25.8 Å². The zero-order valence-electron chi connectivity index (χ0n) is 16.9. The van der Waals surface area contributed by atoms with Crippen LogP contribution >= 0.6 is 0 Å². The number of carbonyl (C=O) groups excluding carboxylic acids is 1. The molecule has 0 spiro atoms. The Labute approximate surface area is 182 Å². The van der Waals surface area contributed by atoms with Crippen molar-refractivity contribution in [3.8, 4) is 0 Å². The smallest absolute Gasteiger partial charge is 0.255 e. The topological polar surface area (TPSA) is 121 Å². The Morgan fingerprint density at radius 3 is 2.39 bits per heavy atom. The maximum absolute atomic E-state index is 12.6. The van der Waals surface area contributed by atoms with Crippen molar-refractivity contribution in [1.29, 1.82) is 0 Å². The number of benzene rings is 2. The average molecular weight is 464 g/mol. The molecule has 0 unspecified atom stereocenters. The minimum absolute atomic E-state index is 0.0355. The summed E-state index contributed by atoms with van der Waals surface area (Å²) < 4.78 is 53.6. The summed E-state index contributed by atoms with van der Waals surface area (Å²) in [5.41, 5.74) is 1.23. The zero-order chi connectivity index (χ0) is 22.5. The van der Waals surface area contributed by atoms with Crippen LogP contribution in [0.5, 0.6) is 0 Å². The first-order valence-corrected chi connectivity index (χ1v) is 12.9. The molecule has 0 atom stereocenters. The largest absolute Gasteiger partial charge is 0.322 e. The molecule has 0 saturated heterocycles. The van der Waals surface area contributed by atoms with Gasteiger partial charge in [-0.2, -0.15) is 0 Å². The number of anilines is 1. The van der Waals surface area contributed by atoms with Crippen molar-refractivity contribution in [1.82, 2.24) is 9.44 Å². The standard InChI is InChI=1S/C21H25N3O5S2/c1-2-12-22-30(26,27)15-17-8-10-19(11-9-17)24-21(25)18-4-3-5-20(13-18)31(28,29)23-14-16-6-7-16/h2-5,8-11,13,16,22-23H,1,6-7,12,14-15H2,(H,24,25). The summed E-state index contributed by atoms with van der Waals surface area (Å²) in [4.78, 5) is 12.6. The van der Waals surface area contributed by atoms with E-state index in [-0.39, 0.29) is 22.8 Å². The predicted molar refractivity (Wildman–Crippen MR) is 120 cm³/mol. The lowest BCUT2D eigenvalue weighted by Crippen LogP contribution is -2.26. The van der Waals surface area contributed by atoms with Crippen molar-refractivity contribution < 1.29 is 21.6 Å². The molecule has 31 heavy (non-hydrogen) atoms. The lowest BCUT2D eigenvalue weighted by molar-refractivity contribution is 0.102. The third kappa shape index (κ3) is 7.00. The molecule has 2 aromatic rings. The summed E-state index contributed by atoms with van der Waals surface area (Å²) in [6, 6.07) is 12.2. The van der Waals surface area contributed by atoms with E-state index in [1.54, 1.807) is 24.3 Å². The van der Waals surface area contributed by atoms with Gasteiger partial charge in [0.15, 0.2) is 0 Å². The second-order valence-electron chi connectivity index (χ2n) is 7.37. The Morgan fingerprint density at radius 2 is 1.74 bits per heavy atom. The summed E-state index contributed by atoms with van der Waals surface area (Å²) in [6.45, 7) is 4.03. The van der Waals surface area contributed by atoms with Crippen molar-refractivity contribution in [2.75, 3.05) is 18.4 Å². The third-order valence-electron chi connectivity index (χ3n) is 4.68. The molecule has 1 saturated carbocycles. The first-order valence-electron chi connectivity index (χ1n) is 9.77. The number of rotatable bonds is 11. The molecular weight excluding hydrogens is 438 g/mol. The first-order chi connectivity index (χ1) is 14.7. The second-order valence-corrected chi connectivity index (χ2v) is 10.9. The Balaban J connectivity index is 1.64. The molecule has 1 aliphatic rings. The van der Waals surface area contributed by atoms with E-state index in [0.717, 1.165) is 12.8 Å². The molecule has 166 valence electrons. The number of carbonyl (C=O) groups is 1. The fourth-order valence-corrected chi connectivity index (χ4v) is 5.05. The minimum atomic E-state index is -3.67. The van der Waals surface area contributed by atoms with Crippen LogP contribution in [0.4, 0.5) is 5.69 Å². The molecule has 0 radical (unpaired) electrons. The SMILES string of the molecule is C=CCNS(=O)(=O)Cc1ccc(NC(=O)c2cccc(S(=O)(=O)NCC3CC3)c2)cc1. The summed E-state index contributed by atoms with van der Waals surface area (Å²) >= 11 is 0. The molecule has 8 nitrogen and oxygen atoms in total. The monoisotopic (exact) mass is 463 g/mol. The van der Waals surface area contributed by atoms with E-state index in [1.165, 1.54) is 30.3 Å². The van der Waals surface area contributed by atoms with Crippen LogP contribution in [0.3, 0.4) is 0 Å². The molecule has 1 amide bonds. The van der Waals surface area contributed by atoms with Gasteiger partial charge in [-0.15, -0.1) is 6.58 Å². The second kappa shape index (κ2) is 9.73. The van der Waals surface area contributed by atoms with Gasteiger partial charge in [-0.3, -0.25) is 4.79 Å². The van der Waals surface area contributed by atoms with Gasteiger partial charge in [0.2, 0.25) is 20.0 Å². The lowest BCUT2D eigenvalue weighted by Gasteiger charge is -2.10. The van der Waals surface area contributed by atoms with Gasteiger partial charge in [-0.1, -0.05) is 24.3 Å². The van der Waals surface area contributed by atoms with Crippen molar-refractivity contribution in [2.24, 2.45) is 5.92 Å². The van der Waals surface area contributed by atoms with E-state index in [9.17, 15) is 21.6 Å². The molecule has 2 aromatic carbocycles. The molecule has 3 rings (SSSR count). The first kappa shape index (κ1) is 23.1. The quantitative estimate of drug-likeness (QED) is 0.441. The molecule has 0 bridgehead atoms. The number of sulfonamides is 2. The fraction of sp³-hybridized carbons (Fsp3) is 0.286. The normalized spacial score (nSPS) is 14.2. The van der Waals surface area contributed by atoms with Crippen LogP contribution < -0.4 is 14.8 Å². The molecule has 0 heterocycles. The number of hydrogen-bond acceptors (Lipinski definition) is 5. The Morgan fingerprint density at radius 1 is 1.03 bits per heavy atom. The van der Waals surface area contributed by atoms with E-state index in [0.29, 0.717) is 23.7 Å². The van der Waals surface area contributed by atoms with Crippen LogP contribution in [0.25, 0.3) is 0 Å². The Hall–Kier alpha value is -2.53. The van der Waals surface area contributed by atoms with E-state index in [2.05, 4.69) is 21.3 Å². The highest BCUT2D eigenvalue weighted by Gasteiger charge is 2.24. The van der Waals surface area contributed by atoms with Crippen molar-refractivity contribution >= 4 is 31.6 Å². The maximum atomic E-state index is 12.6. The van der Waals surface area contributed by atoms with Crippen LogP contribution in [0.2, 0.25) is 0 Å². The average Bonchev–Trinajstić information content (AvgIpc) is 3.57. The zero-order valence-corrected chi connectivity index (χ0v) is 18.5. The van der Waals surface area contributed by atoms with E-state index >= 15 is 0 Å². The van der Waals surface area contributed by atoms with E-state index in [4.69, 9.17) is 0 Å². The van der Waals surface area contributed by atoms with E-state index < -0.39 is 26.0 Å². The van der Waals surface area contributed by atoms with Gasteiger partial charge in [-0.05, 0) is 54.7 Å². The fourth-order valence-electron chi connectivity index (χ4n) is 2.78. The minimum Gasteiger partial charge on any atom is -0.322 e. The lowest BCUT2D eigenvalue weighted by atomic mass is 10.2. The number of nitrogens with one attached hydrogen (secondary N) is 3. The number of hydrogen-bond donors (Lipinski definition) is 3. The molecule has 1 aliphatic carbocycles. The van der Waals surface area contributed by atoms with E-state index in [1.807, 2.05) is 0 Å². The molecule has 0 aromatic heterocycles. The van der Waals surface area contributed by atoms with Crippen LogP contribution in [0.1, 0.15) is 28.8 Å². The Kier molecular flexibility index (Phi) is 7.26. The van der Waals surface area contributed by atoms with Crippen LogP contribution in [0, 0.1) is 5.92 Å². The van der Waals surface area contributed by atoms with Crippen molar-refractivity contribution in [3.63, 3.8) is 0 Å². The van der Waals surface area contributed by atoms with Gasteiger partial charge < -0.3 is 5.32 Å². The molecule has 1 fully saturated rings. The number of amides is 1. The highest BCUT2D eigenvalue weighted by atomic mass is 32.2. The van der Waals surface area contributed by atoms with Crippen LogP contribution in [0.15, 0.2) is 66.1 Å². The Bertz CT molecular complexity index is 1160. The van der Waals surface area contributed by atoms with Gasteiger partial charge in [0.25, 0.3) is 5.91 Å². The predicted octanol–water partition coefficient (Wildman–Crippen LogP) is 2.23. The van der Waals surface area contributed by atoms with Crippen molar-refractivity contribution in [2.45, 2.75) is 23.5 Å². The van der Waals surface area contributed by atoms with Gasteiger partial charge in [0.05, 0.1) is 10.6 Å². The highest BCUT2D eigenvalue weighted by Crippen LogP contribution is 2.28.